The summed E-state index contributed by atoms with van der Waals surface area (Å²) in [5.41, 5.74) is 6.93. The number of nitrogens with zero attached hydrogens (tertiary/aromatic N) is 1. The van der Waals surface area contributed by atoms with Crippen molar-refractivity contribution in [2.45, 2.75) is 34.1 Å². The Hall–Kier alpha value is -0.660. The summed E-state index contributed by atoms with van der Waals surface area (Å²) in [6.07, 6.45) is 3.19. The van der Waals surface area contributed by atoms with Crippen LogP contribution in [0.2, 0.25) is 0 Å². The molecule has 0 bridgehead atoms. The highest BCUT2D eigenvalue weighted by Gasteiger charge is 2.13. The molecule has 12 heavy (non-hydrogen) atoms. The highest BCUT2D eigenvalue weighted by molar-refractivity contribution is 5.04. The molecule has 0 spiro atoms. The van der Waals surface area contributed by atoms with Crippen LogP contribution in [0.1, 0.15) is 34.1 Å². The second-order valence-electron chi connectivity index (χ2n) is 4.32. The third kappa shape index (κ3) is 4.27. The zero-order valence-corrected chi connectivity index (χ0v) is 9.02. The van der Waals surface area contributed by atoms with E-state index in [1.807, 2.05) is 6.20 Å². The van der Waals surface area contributed by atoms with Gasteiger partial charge in [-0.05, 0) is 6.42 Å². The molecular formula is C10H22N2. The second kappa shape index (κ2) is 4.39. The number of hydrogen-bond donors (Lipinski definition) is 1. The topological polar surface area (TPSA) is 29.3 Å². The molecule has 0 fully saturated rings. The van der Waals surface area contributed by atoms with E-state index in [0.29, 0.717) is 0 Å². The molecule has 0 aliphatic carbocycles. The van der Waals surface area contributed by atoms with Crippen LogP contribution < -0.4 is 5.73 Å². The first-order valence-corrected chi connectivity index (χ1v) is 4.56. The highest BCUT2D eigenvalue weighted by atomic mass is 15.1. The van der Waals surface area contributed by atoms with E-state index in [9.17, 15) is 0 Å². The van der Waals surface area contributed by atoms with Gasteiger partial charge in [0.05, 0.1) is 0 Å². The average molecular weight is 170 g/mol. The molecule has 0 amide bonds. The number of rotatable bonds is 3. The standard InChI is InChI=1S/C10H22N2/c1-6-7-12(5)8-9(11)10(2,3)4/h8H,6-7,11H2,1-5H3/b9-8-. The predicted molar refractivity (Wildman–Crippen MR) is 54.6 cm³/mol. The van der Waals surface area contributed by atoms with Crippen LogP contribution in [0.5, 0.6) is 0 Å². The van der Waals surface area contributed by atoms with E-state index in [2.05, 4.69) is 39.6 Å². The van der Waals surface area contributed by atoms with Gasteiger partial charge in [0.15, 0.2) is 0 Å². The predicted octanol–water partition coefficient (Wildman–Crippen LogP) is 2.17. The van der Waals surface area contributed by atoms with Gasteiger partial charge in [0.25, 0.3) is 0 Å². The van der Waals surface area contributed by atoms with Gasteiger partial charge in [0.1, 0.15) is 0 Å². The van der Waals surface area contributed by atoms with Gasteiger partial charge >= 0.3 is 0 Å². The second-order valence-corrected chi connectivity index (χ2v) is 4.32. The van der Waals surface area contributed by atoms with Crippen molar-refractivity contribution in [1.29, 1.82) is 0 Å². The fraction of sp³-hybridized carbons (Fsp3) is 0.800. The molecule has 0 rings (SSSR count). The van der Waals surface area contributed by atoms with Gasteiger partial charge in [0, 0.05) is 30.9 Å². The van der Waals surface area contributed by atoms with E-state index < -0.39 is 0 Å². The van der Waals surface area contributed by atoms with E-state index in [0.717, 1.165) is 18.7 Å². The summed E-state index contributed by atoms with van der Waals surface area (Å²) in [7, 11) is 2.06. The Morgan fingerprint density at radius 2 is 1.92 bits per heavy atom. The third-order valence-corrected chi connectivity index (χ3v) is 1.80. The van der Waals surface area contributed by atoms with Crippen LogP contribution in [-0.2, 0) is 0 Å². The van der Waals surface area contributed by atoms with Crippen LogP contribution in [0.3, 0.4) is 0 Å². The first-order valence-electron chi connectivity index (χ1n) is 4.56. The van der Waals surface area contributed by atoms with Crippen LogP contribution in [0.4, 0.5) is 0 Å². The molecule has 0 aliphatic heterocycles. The SMILES string of the molecule is CCCN(C)/C=C(\N)C(C)(C)C. The van der Waals surface area contributed by atoms with Gasteiger partial charge in [-0.3, -0.25) is 0 Å². The van der Waals surface area contributed by atoms with Crippen molar-refractivity contribution in [2.24, 2.45) is 11.1 Å². The van der Waals surface area contributed by atoms with Crippen molar-refractivity contribution in [3.8, 4) is 0 Å². The summed E-state index contributed by atoms with van der Waals surface area (Å²) in [6, 6.07) is 0. The van der Waals surface area contributed by atoms with E-state index in [4.69, 9.17) is 5.73 Å². The Morgan fingerprint density at radius 1 is 1.42 bits per heavy atom. The van der Waals surface area contributed by atoms with Gasteiger partial charge in [-0.15, -0.1) is 0 Å². The Kier molecular flexibility index (Phi) is 4.15. The number of hydrogen-bond acceptors (Lipinski definition) is 2. The van der Waals surface area contributed by atoms with Gasteiger partial charge in [-0.1, -0.05) is 27.7 Å². The quantitative estimate of drug-likeness (QED) is 0.703. The van der Waals surface area contributed by atoms with Crippen LogP contribution in [0.15, 0.2) is 11.9 Å². The molecule has 0 unspecified atom stereocenters. The molecule has 2 N–H and O–H groups in total. The Morgan fingerprint density at radius 3 is 2.25 bits per heavy atom. The minimum absolute atomic E-state index is 0.0853. The fourth-order valence-corrected chi connectivity index (χ4v) is 0.848. The summed E-state index contributed by atoms with van der Waals surface area (Å²) in [6.45, 7) is 9.60. The highest BCUT2D eigenvalue weighted by Crippen LogP contribution is 2.20. The zero-order chi connectivity index (χ0) is 9.78. The Bertz CT molecular complexity index is 154. The minimum Gasteiger partial charge on any atom is -0.400 e. The molecule has 0 saturated carbocycles. The molecule has 72 valence electrons. The maximum Gasteiger partial charge on any atom is 0.0296 e. The number of nitrogens with two attached hydrogens (primary N) is 1. The lowest BCUT2D eigenvalue weighted by Crippen LogP contribution is -2.22. The van der Waals surface area contributed by atoms with Crippen molar-refractivity contribution in [3.05, 3.63) is 11.9 Å². The Balaban J connectivity index is 4.16. The maximum atomic E-state index is 5.90. The molecule has 0 saturated heterocycles. The van der Waals surface area contributed by atoms with Crippen molar-refractivity contribution >= 4 is 0 Å². The summed E-state index contributed by atoms with van der Waals surface area (Å²) in [5.74, 6) is 0. The molecule has 0 aromatic heterocycles. The zero-order valence-electron chi connectivity index (χ0n) is 9.02. The lowest BCUT2D eigenvalue weighted by Gasteiger charge is -2.22. The molecular weight excluding hydrogens is 148 g/mol. The molecule has 0 atom stereocenters. The smallest absolute Gasteiger partial charge is 0.0296 e. The van der Waals surface area contributed by atoms with Crippen molar-refractivity contribution in [3.63, 3.8) is 0 Å². The van der Waals surface area contributed by atoms with E-state index in [1.165, 1.54) is 0 Å². The minimum atomic E-state index is 0.0853. The summed E-state index contributed by atoms with van der Waals surface area (Å²) in [5, 5.41) is 0. The number of allylic oxidation sites excluding steroid dienone is 1. The van der Waals surface area contributed by atoms with Gasteiger partial charge in [-0.25, -0.2) is 0 Å². The summed E-state index contributed by atoms with van der Waals surface area (Å²) >= 11 is 0. The van der Waals surface area contributed by atoms with Crippen LogP contribution in [0.25, 0.3) is 0 Å². The van der Waals surface area contributed by atoms with Gasteiger partial charge < -0.3 is 10.6 Å². The van der Waals surface area contributed by atoms with E-state index in [1.54, 1.807) is 0 Å². The lowest BCUT2D eigenvalue weighted by atomic mass is 9.93. The van der Waals surface area contributed by atoms with E-state index >= 15 is 0 Å². The normalized spacial score (nSPS) is 13.2. The van der Waals surface area contributed by atoms with Crippen molar-refractivity contribution in [1.82, 2.24) is 4.90 Å². The fourth-order valence-electron chi connectivity index (χ4n) is 0.848. The van der Waals surface area contributed by atoms with Gasteiger partial charge in [-0.2, -0.15) is 0 Å². The molecule has 2 nitrogen and oxygen atoms in total. The molecule has 0 aliphatic rings. The summed E-state index contributed by atoms with van der Waals surface area (Å²) in [4.78, 5) is 2.14. The third-order valence-electron chi connectivity index (χ3n) is 1.80. The van der Waals surface area contributed by atoms with Crippen molar-refractivity contribution < 1.29 is 0 Å². The van der Waals surface area contributed by atoms with Crippen molar-refractivity contribution in [2.75, 3.05) is 13.6 Å². The molecule has 0 radical (unpaired) electrons. The molecule has 0 aromatic carbocycles. The Labute approximate surface area is 76.4 Å². The van der Waals surface area contributed by atoms with E-state index in [-0.39, 0.29) is 5.41 Å². The monoisotopic (exact) mass is 170 g/mol. The van der Waals surface area contributed by atoms with Crippen LogP contribution in [0, 0.1) is 5.41 Å². The largest absolute Gasteiger partial charge is 0.400 e. The summed E-state index contributed by atoms with van der Waals surface area (Å²) < 4.78 is 0. The first kappa shape index (κ1) is 11.3. The molecule has 0 aromatic rings. The average Bonchev–Trinajstić information content (AvgIpc) is 1.85. The van der Waals surface area contributed by atoms with Crippen LogP contribution >= 0.6 is 0 Å². The maximum absolute atomic E-state index is 5.90. The van der Waals surface area contributed by atoms with Gasteiger partial charge in [0.2, 0.25) is 0 Å². The molecule has 0 heterocycles. The lowest BCUT2D eigenvalue weighted by molar-refractivity contribution is 0.421. The van der Waals surface area contributed by atoms with Crippen LogP contribution in [-0.4, -0.2) is 18.5 Å². The molecule has 2 heteroatoms. The first-order chi connectivity index (χ1) is 5.38.